The van der Waals surface area contributed by atoms with Gasteiger partial charge in [-0.1, -0.05) is 18.2 Å². The Balaban J connectivity index is 2.46. The summed E-state index contributed by atoms with van der Waals surface area (Å²) < 4.78 is 5.31. The lowest BCUT2D eigenvalue weighted by Gasteiger charge is -2.04. The molecule has 0 aromatic heterocycles. The maximum atomic E-state index is 9.65. The Morgan fingerprint density at radius 1 is 1.43 bits per heavy atom. The van der Waals surface area contributed by atoms with Crippen LogP contribution in [0.5, 0.6) is 5.75 Å². The van der Waals surface area contributed by atoms with Gasteiger partial charge < -0.3 is 15.6 Å². The van der Waals surface area contributed by atoms with Crippen molar-refractivity contribution in [1.29, 1.82) is 0 Å². The molecular weight excluding hydrogens is 178 g/mol. The highest BCUT2D eigenvalue weighted by Crippen LogP contribution is 2.30. The van der Waals surface area contributed by atoms with E-state index in [1.807, 2.05) is 18.2 Å². The molecule has 0 radical (unpaired) electrons. The first-order chi connectivity index (χ1) is 6.83. The van der Waals surface area contributed by atoms with Gasteiger partial charge in [0.25, 0.3) is 0 Å². The molecule has 0 bridgehead atoms. The Morgan fingerprint density at radius 2 is 2.29 bits per heavy atom. The zero-order valence-electron chi connectivity index (χ0n) is 7.86. The van der Waals surface area contributed by atoms with Gasteiger partial charge in [-0.15, -0.1) is 0 Å². The van der Waals surface area contributed by atoms with Gasteiger partial charge in [0.1, 0.15) is 5.75 Å². The Kier molecular flexibility index (Phi) is 2.52. The first-order valence-corrected chi connectivity index (χ1v) is 4.61. The van der Waals surface area contributed by atoms with Gasteiger partial charge >= 0.3 is 0 Å². The van der Waals surface area contributed by atoms with Crippen LogP contribution in [0.2, 0.25) is 0 Å². The number of rotatable bonds is 2. The summed E-state index contributed by atoms with van der Waals surface area (Å²) in [5, 5.41) is 9.65. The molecule has 0 saturated carbocycles. The maximum absolute atomic E-state index is 9.65. The number of hydrogen-bond acceptors (Lipinski definition) is 3. The van der Waals surface area contributed by atoms with Crippen molar-refractivity contribution in [3.05, 3.63) is 34.9 Å². The topological polar surface area (TPSA) is 55.5 Å². The number of phenols is 1. The molecule has 3 N–H and O–H groups in total. The highest BCUT2D eigenvalue weighted by atomic mass is 16.5. The zero-order valence-corrected chi connectivity index (χ0v) is 7.86. The molecule has 1 aromatic carbocycles. The van der Waals surface area contributed by atoms with Crippen LogP contribution in [0.1, 0.15) is 16.7 Å². The molecule has 14 heavy (non-hydrogen) atoms. The number of aromatic hydroxyl groups is 1. The highest BCUT2D eigenvalue weighted by Gasteiger charge is 2.16. The lowest BCUT2D eigenvalue weighted by molar-refractivity contribution is 0.134. The molecular formula is C11H13NO2. The van der Waals surface area contributed by atoms with Crippen molar-refractivity contribution in [2.45, 2.75) is 13.2 Å². The maximum Gasteiger partial charge on any atom is 0.123 e. The van der Waals surface area contributed by atoms with Crippen molar-refractivity contribution < 1.29 is 9.84 Å². The summed E-state index contributed by atoms with van der Waals surface area (Å²) in [6.45, 7) is 1.69. The first kappa shape index (κ1) is 9.24. The van der Waals surface area contributed by atoms with E-state index < -0.39 is 0 Å². The molecule has 0 saturated heterocycles. The summed E-state index contributed by atoms with van der Waals surface area (Å²) in [6.07, 6.45) is 3.68. The van der Waals surface area contributed by atoms with Crippen molar-refractivity contribution in [2.24, 2.45) is 5.73 Å². The Morgan fingerprint density at radius 3 is 3.07 bits per heavy atom. The van der Waals surface area contributed by atoms with Crippen LogP contribution in [0.3, 0.4) is 0 Å². The Hall–Kier alpha value is -1.32. The molecule has 2 rings (SSSR count). The fourth-order valence-corrected chi connectivity index (χ4v) is 1.64. The van der Waals surface area contributed by atoms with Crippen LogP contribution >= 0.6 is 0 Å². The predicted molar refractivity (Wildman–Crippen MR) is 54.7 cm³/mol. The van der Waals surface area contributed by atoms with Crippen molar-refractivity contribution >= 4 is 6.08 Å². The van der Waals surface area contributed by atoms with Gasteiger partial charge in [0.15, 0.2) is 0 Å². The van der Waals surface area contributed by atoms with Gasteiger partial charge in [0.2, 0.25) is 0 Å². The van der Waals surface area contributed by atoms with Gasteiger partial charge in [-0.05, 0) is 17.2 Å². The van der Waals surface area contributed by atoms with Gasteiger partial charge in [0.05, 0.1) is 13.2 Å². The monoisotopic (exact) mass is 191 g/mol. The molecule has 3 nitrogen and oxygen atoms in total. The molecule has 1 aliphatic rings. The van der Waals surface area contributed by atoms with Gasteiger partial charge in [-0.25, -0.2) is 0 Å². The lowest BCUT2D eigenvalue weighted by atomic mass is 10.0. The van der Waals surface area contributed by atoms with Crippen LogP contribution in [0.15, 0.2) is 18.2 Å². The minimum atomic E-state index is 0.291. The lowest BCUT2D eigenvalue weighted by Crippen LogP contribution is -1.93. The number of nitrogens with two attached hydrogens (primary N) is 1. The molecule has 0 aliphatic carbocycles. The number of phenolic OH excluding ortho intramolecular Hbond substituents is 1. The van der Waals surface area contributed by atoms with E-state index in [4.69, 9.17) is 10.5 Å². The van der Waals surface area contributed by atoms with Crippen molar-refractivity contribution in [3.8, 4) is 5.75 Å². The smallest absolute Gasteiger partial charge is 0.123 e. The highest BCUT2D eigenvalue weighted by molar-refractivity contribution is 5.63. The predicted octanol–water partition coefficient (Wildman–Crippen LogP) is 1.39. The number of ether oxygens (including phenoxy) is 1. The minimum Gasteiger partial charge on any atom is -0.507 e. The third kappa shape index (κ3) is 1.52. The normalized spacial score (nSPS) is 14.9. The second kappa shape index (κ2) is 3.82. The first-order valence-electron chi connectivity index (χ1n) is 4.61. The second-order valence-corrected chi connectivity index (χ2v) is 3.27. The zero-order chi connectivity index (χ0) is 9.97. The third-order valence-electron chi connectivity index (χ3n) is 2.36. The molecule has 3 heteroatoms. The van der Waals surface area contributed by atoms with Crippen LogP contribution in [0.4, 0.5) is 0 Å². The molecule has 1 heterocycles. The van der Waals surface area contributed by atoms with Crippen LogP contribution in [0.25, 0.3) is 6.08 Å². The van der Waals surface area contributed by atoms with E-state index in [-0.39, 0.29) is 0 Å². The van der Waals surface area contributed by atoms with Crippen LogP contribution in [0, 0.1) is 0 Å². The van der Waals surface area contributed by atoms with Crippen LogP contribution < -0.4 is 5.73 Å². The van der Waals surface area contributed by atoms with E-state index >= 15 is 0 Å². The summed E-state index contributed by atoms with van der Waals surface area (Å²) in [5.74, 6) is 0.291. The van der Waals surface area contributed by atoms with Crippen molar-refractivity contribution in [1.82, 2.24) is 0 Å². The quantitative estimate of drug-likeness (QED) is 0.742. The van der Waals surface area contributed by atoms with Crippen molar-refractivity contribution in [2.75, 3.05) is 6.54 Å². The average molecular weight is 191 g/mol. The van der Waals surface area contributed by atoms with E-state index in [1.165, 1.54) is 0 Å². The Bertz CT molecular complexity index is 372. The molecule has 0 unspecified atom stereocenters. The SMILES string of the molecule is NC/C=C/c1c(O)ccc2c1COC2. The number of fused-ring (bicyclic) bond motifs is 1. The summed E-state index contributed by atoms with van der Waals surface area (Å²) in [4.78, 5) is 0. The molecule has 0 spiro atoms. The number of benzene rings is 1. The largest absolute Gasteiger partial charge is 0.507 e. The fraction of sp³-hybridized carbons (Fsp3) is 0.273. The van der Waals surface area contributed by atoms with E-state index in [9.17, 15) is 5.11 Å². The summed E-state index contributed by atoms with van der Waals surface area (Å²) in [5.41, 5.74) is 8.44. The Labute approximate surface area is 82.8 Å². The van der Waals surface area contributed by atoms with Gasteiger partial charge in [-0.3, -0.25) is 0 Å². The van der Waals surface area contributed by atoms with E-state index in [2.05, 4.69) is 0 Å². The molecule has 0 fully saturated rings. The number of hydrogen-bond donors (Lipinski definition) is 2. The van der Waals surface area contributed by atoms with Crippen LogP contribution in [-0.2, 0) is 18.0 Å². The molecule has 0 amide bonds. The molecule has 1 aliphatic heterocycles. The average Bonchev–Trinajstić information content (AvgIpc) is 2.64. The standard InChI is InChI=1S/C11H13NO2/c12-5-1-2-9-10-7-14-6-8(10)3-4-11(9)13/h1-4,13H,5-7,12H2/b2-1+. The third-order valence-corrected chi connectivity index (χ3v) is 2.36. The van der Waals surface area contributed by atoms with Crippen molar-refractivity contribution in [3.63, 3.8) is 0 Å². The summed E-state index contributed by atoms with van der Waals surface area (Å²) >= 11 is 0. The fourth-order valence-electron chi connectivity index (χ4n) is 1.64. The molecule has 0 atom stereocenters. The summed E-state index contributed by atoms with van der Waals surface area (Å²) in [7, 11) is 0. The van der Waals surface area contributed by atoms with Crippen LogP contribution in [-0.4, -0.2) is 11.7 Å². The van der Waals surface area contributed by atoms with Gasteiger partial charge in [-0.2, -0.15) is 0 Å². The molecule has 1 aromatic rings. The van der Waals surface area contributed by atoms with E-state index in [0.29, 0.717) is 25.5 Å². The second-order valence-electron chi connectivity index (χ2n) is 3.27. The summed E-state index contributed by atoms with van der Waals surface area (Å²) in [6, 6.07) is 3.60. The van der Waals surface area contributed by atoms with E-state index in [0.717, 1.165) is 16.7 Å². The minimum absolute atomic E-state index is 0.291. The van der Waals surface area contributed by atoms with Gasteiger partial charge in [0, 0.05) is 12.1 Å². The van der Waals surface area contributed by atoms with E-state index in [1.54, 1.807) is 6.07 Å². The molecule has 74 valence electrons.